The van der Waals surface area contributed by atoms with Crippen LogP contribution in [-0.2, 0) is 10.2 Å². The van der Waals surface area contributed by atoms with Crippen LogP contribution in [0.25, 0.3) is 0 Å². The van der Waals surface area contributed by atoms with Gasteiger partial charge in [0.05, 0.1) is 16.5 Å². The van der Waals surface area contributed by atoms with Gasteiger partial charge in [-0.25, -0.2) is 4.39 Å². The molecule has 3 saturated carbocycles. The third-order valence-corrected chi connectivity index (χ3v) is 7.44. The van der Waals surface area contributed by atoms with Crippen LogP contribution in [0.1, 0.15) is 55.2 Å². The molecule has 1 amide bonds. The van der Waals surface area contributed by atoms with Crippen LogP contribution in [0.2, 0.25) is 10.0 Å². The first-order chi connectivity index (χ1) is 16.7. The smallest absolute Gasteiger partial charge is 0.258 e. The van der Waals surface area contributed by atoms with Crippen molar-refractivity contribution in [3.63, 3.8) is 0 Å². The van der Waals surface area contributed by atoms with Gasteiger partial charge in [-0.1, -0.05) is 23.2 Å². The number of fused-ring (bicyclic) bond motifs is 1. The van der Waals surface area contributed by atoms with Crippen molar-refractivity contribution in [2.45, 2.75) is 48.8 Å². The maximum Gasteiger partial charge on any atom is 0.258 e. The van der Waals surface area contributed by atoms with Crippen LogP contribution in [0.3, 0.4) is 0 Å². The van der Waals surface area contributed by atoms with Crippen LogP contribution in [0.5, 0.6) is 11.5 Å². The maximum atomic E-state index is 13.5. The van der Waals surface area contributed by atoms with E-state index in [4.69, 9.17) is 37.1 Å². The lowest BCUT2D eigenvalue weighted by molar-refractivity contribution is -0.143. The number of benzene rings is 2. The van der Waals surface area contributed by atoms with Gasteiger partial charge in [-0.3, -0.25) is 4.79 Å². The van der Waals surface area contributed by atoms with Gasteiger partial charge in [0.2, 0.25) is 5.89 Å². The Labute approximate surface area is 209 Å². The zero-order valence-corrected chi connectivity index (χ0v) is 19.8. The molecular weight excluding hydrogens is 500 g/mol. The molecule has 3 aromatic rings. The lowest BCUT2D eigenvalue weighted by Crippen LogP contribution is -2.77. The molecule has 2 atom stereocenters. The number of nitrogens with one attached hydrogen (secondary N) is 1. The molecule has 35 heavy (non-hydrogen) atoms. The van der Waals surface area contributed by atoms with E-state index in [0.717, 1.165) is 6.07 Å². The summed E-state index contributed by atoms with van der Waals surface area (Å²) in [5.41, 5.74) is 0.0452. The van der Waals surface area contributed by atoms with Gasteiger partial charge in [-0.2, -0.15) is 0 Å². The molecule has 8 nitrogen and oxygen atoms in total. The molecule has 4 aliphatic rings. The van der Waals surface area contributed by atoms with E-state index in [1.807, 2.05) is 0 Å². The Morgan fingerprint density at radius 3 is 2.77 bits per heavy atom. The van der Waals surface area contributed by atoms with Crippen LogP contribution >= 0.6 is 23.2 Å². The Bertz CT molecular complexity index is 1310. The summed E-state index contributed by atoms with van der Waals surface area (Å²) in [5, 5.41) is 22.4. The van der Waals surface area contributed by atoms with Gasteiger partial charge in [0.1, 0.15) is 17.3 Å². The van der Waals surface area contributed by atoms with Crippen molar-refractivity contribution in [3.8, 4) is 11.5 Å². The third kappa shape index (κ3) is 3.91. The first-order valence-corrected chi connectivity index (χ1v) is 11.9. The van der Waals surface area contributed by atoms with Crippen LogP contribution in [0, 0.1) is 5.82 Å². The standard InChI is InChI=1S/C24H20Cl2FN3O5/c25-12-1-4-18-14(5-12)17(31)7-19(34-18)21-29-30-22(35-21)23-9-24(10-23,11-23)28-20(32)8-33-13-2-3-15(26)16(27)6-13/h1-6,17,19,31H,7-11H2,(H,28,32). The molecule has 2 N–H and O–H groups in total. The van der Waals surface area contributed by atoms with Crippen molar-refractivity contribution in [1.82, 2.24) is 15.5 Å². The lowest BCUT2D eigenvalue weighted by atomic mass is 9.39. The lowest BCUT2D eigenvalue weighted by Gasteiger charge is -2.68. The summed E-state index contributed by atoms with van der Waals surface area (Å²) in [7, 11) is 0. The Hall–Kier alpha value is -2.88. The van der Waals surface area contributed by atoms with Gasteiger partial charge in [0.15, 0.2) is 12.7 Å². The van der Waals surface area contributed by atoms with Crippen molar-refractivity contribution < 1.29 is 28.2 Å². The minimum absolute atomic E-state index is 0.00823. The maximum absolute atomic E-state index is 13.5. The first kappa shape index (κ1) is 22.6. The average Bonchev–Trinajstić information content (AvgIpc) is 3.26. The van der Waals surface area contributed by atoms with E-state index in [1.165, 1.54) is 12.1 Å². The minimum Gasteiger partial charge on any atom is -0.484 e. The summed E-state index contributed by atoms with van der Waals surface area (Å²) in [5.74, 6) is 0.696. The predicted molar refractivity (Wildman–Crippen MR) is 122 cm³/mol. The van der Waals surface area contributed by atoms with E-state index in [1.54, 1.807) is 18.2 Å². The van der Waals surface area contributed by atoms with Crippen molar-refractivity contribution in [2.24, 2.45) is 0 Å². The van der Waals surface area contributed by atoms with Gasteiger partial charge in [0.25, 0.3) is 11.8 Å². The number of ether oxygens (including phenoxy) is 2. The van der Waals surface area contributed by atoms with E-state index in [-0.39, 0.29) is 40.7 Å². The van der Waals surface area contributed by atoms with Crippen molar-refractivity contribution >= 4 is 29.1 Å². The molecule has 11 heteroatoms. The molecule has 0 spiro atoms. The summed E-state index contributed by atoms with van der Waals surface area (Å²) in [6, 6.07) is 9.12. The van der Waals surface area contributed by atoms with Crippen LogP contribution in [0.15, 0.2) is 40.8 Å². The molecule has 1 aliphatic heterocycles. The molecule has 182 valence electrons. The average molecular weight is 520 g/mol. The third-order valence-electron chi connectivity index (χ3n) is 6.90. The molecule has 2 bridgehead atoms. The molecule has 7 rings (SSSR count). The number of aromatic nitrogens is 2. The van der Waals surface area contributed by atoms with Crippen LogP contribution < -0.4 is 14.8 Å². The van der Waals surface area contributed by atoms with Crippen molar-refractivity contribution in [2.75, 3.05) is 6.61 Å². The molecule has 2 aromatic carbocycles. The van der Waals surface area contributed by atoms with Gasteiger partial charge >= 0.3 is 0 Å². The van der Waals surface area contributed by atoms with Crippen LogP contribution in [0.4, 0.5) is 4.39 Å². The van der Waals surface area contributed by atoms with E-state index < -0.39 is 18.0 Å². The number of rotatable bonds is 6. The van der Waals surface area contributed by atoms with E-state index >= 15 is 0 Å². The molecule has 1 aromatic heterocycles. The monoisotopic (exact) mass is 519 g/mol. The number of amides is 1. The van der Waals surface area contributed by atoms with Gasteiger partial charge < -0.3 is 24.3 Å². The van der Waals surface area contributed by atoms with E-state index in [0.29, 0.717) is 47.4 Å². The molecule has 0 radical (unpaired) electrons. The number of carbonyl (C=O) groups excluding carboxylic acids is 1. The highest BCUT2D eigenvalue weighted by Crippen LogP contribution is 2.67. The fourth-order valence-corrected chi connectivity index (χ4v) is 5.64. The molecule has 0 saturated heterocycles. The summed E-state index contributed by atoms with van der Waals surface area (Å²) in [4.78, 5) is 12.3. The molecule has 2 unspecified atom stereocenters. The second kappa shape index (κ2) is 8.08. The number of aliphatic hydroxyl groups is 1. The Kier molecular flexibility index (Phi) is 5.21. The molecule has 3 fully saturated rings. The second-order valence-corrected chi connectivity index (χ2v) is 10.3. The predicted octanol–water partition coefficient (Wildman–Crippen LogP) is 4.44. The number of hydrogen-bond donors (Lipinski definition) is 2. The minimum atomic E-state index is -0.752. The van der Waals surface area contributed by atoms with Crippen LogP contribution in [-0.4, -0.2) is 33.4 Å². The zero-order valence-electron chi connectivity index (χ0n) is 18.3. The summed E-state index contributed by atoms with van der Waals surface area (Å²) in [6.07, 6.45) is 1.00. The highest BCUT2D eigenvalue weighted by atomic mass is 35.5. The summed E-state index contributed by atoms with van der Waals surface area (Å²) >= 11 is 11.7. The van der Waals surface area contributed by atoms with E-state index in [9.17, 15) is 14.3 Å². The Balaban J connectivity index is 1.05. The molecular formula is C24H20Cl2FN3O5. The topological polar surface area (TPSA) is 107 Å². The highest BCUT2D eigenvalue weighted by molar-refractivity contribution is 6.31. The zero-order chi connectivity index (χ0) is 24.4. The number of carbonyl (C=O) groups is 1. The second-order valence-electron chi connectivity index (χ2n) is 9.49. The SMILES string of the molecule is O=C(COc1ccc(Cl)c(F)c1)NC12CC(c3nnc(C4CC(O)c5cc(Cl)ccc5O4)o3)(C1)C2. The fourth-order valence-electron chi connectivity index (χ4n) is 5.34. The summed E-state index contributed by atoms with van der Waals surface area (Å²) < 4.78 is 30.8. The van der Waals surface area contributed by atoms with Gasteiger partial charge in [-0.05, 0) is 49.6 Å². The number of aliphatic hydroxyl groups excluding tert-OH is 1. The number of halogens is 3. The van der Waals surface area contributed by atoms with Crippen molar-refractivity contribution in [3.05, 3.63) is 69.6 Å². The normalized spacial score (nSPS) is 28.2. The largest absolute Gasteiger partial charge is 0.484 e. The number of hydrogen-bond acceptors (Lipinski definition) is 7. The first-order valence-electron chi connectivity index (χ1n) is 11.1. The Morgan fingerprint density at radius 2 is 2.00 bits per heavy atom. The molecule has 3 aliphatic carbocycles. The van der Waals surface area contributed by atoms with Gasteiger partial charge in [-0.15, -0.1) is 10.2 Å². The quantitative estimate of drug-likeness (QED) is 0.495. The summed E-state index contributed by atoms with van der Waals surface area (Å²) in [6.45, 7) is -0.228. The fraction of sp³-hybridized carbons (Fsp3) is 0.375. The van der Waals surface area contributed by atoms with Crippen molar-refractivity contribution in [1.29, 1.82) is 0 Å². The number of nitrogens with zero attached hydrogens (tertiary/aromatic N) is 2. The van der Waals surface area contributed by atoms with E-state index in [2.05, 4.69) is 15.5 Å². The Morgan fingerprint density at radius 1 is 1.20 bits per heavy atom. The highest BCUT2D eigenvalue weighted by Gasteiger charge is 2.71. The van der Waals surface area contributed by atoms with Gasteiger partial charge in [0, 0.05) is 28.6 Å². The molecule has 2 heterocycles.